The topological polar surface area (TPSA) is 147 Å². The van der Waals surface area contributed by atoms with Gasteiger partial charge >= 0.3 is 5.97 Å². The van der Waals surface area contributed by atoms with Gasteiger partial charge in [-0.15, -0.1) is 0 Å². The van der Waals surface area contributed by atoms with Crippen LogP contribution in [0, 0.1) is 0 Å². The van der Waals surface area contributed by atoms with E-state index < -0.39 is 50.1 Å². The largest absolute Gasteiger partial charge is 0.495 e. The molecule has 1 atom stereocenters. The van der Waals surface area contributed by atoms with Crippen LogP contribution in [0.1, 0.15) is 13.3 Å². The summed E-state index contributed by atoms with van der Waals surface area (Å²) >= 11 is 0. The smallest absolute Gasteiger partial charge is 0.318 e. The van der Waals surface area contributed by atoms with Crippen molar-refractivity contribution >= 4 is 37.4 Å². The summed E-state index contributed by atoms with van der Waals surface area (Å²) in [5.74, 6) is -2.28. The zero-order valence-corrected chi connectivity index (χ0v) is 16.3. The maximum atomic E-state index is 13.0. The average molecular weight is 420 g/mol. The number of carboxylic acids is 1. The number of sulfone groups is 1. The lowest BCUT2D eigenvalue weighted by Gasteiger charge is -2.26. The van der Waals surface area contributed by atoms with Crippen LogP contribution in [0.5, 0.6) is 5.75 Å². The Bertz CT molecular complexity index is 956. The molecule has 1 amide bonds. The molecule has 0 saturated carbocycles. The van der Waals surface area contributed by atoms with E-state index in [1.54, 1.807) is 0 Å². The third-order valence-corrected chi connectivity index (χ3v) is 7.64. The minimum atomic E-state index is -4.33. The molecule has 1 heterocycles. The number of sulfonamides is 1. The second-order valence-electron chi connectivity index (χ2n) is 6.04. The van der Waals surface area contributed by atoms with E-state index in [9.17, 15) is 26.4 Å². The fraction of sp³-hybridized carbons (Fsp3) is 0.467. The first-order valence-electron chi connectivity index (χ1n) is 7.86. The minimum absolute atomic E-state index is 0.0174. The third kappa shape index (κ3) is 4.96. The molecule has 27 heavy (non-hydrogen) atoms. The Labute approximate surface area is 157 Å². The number of hydrogen-bond acceptors (Lipinski definition) is 7. The number of amides is 1. The van der Waals surface area contributed by atoms with Gasteiger partial charge in [0.1, 0.15) is 12.3 Å². The van der Waals surface area contributed by atoms with E-state index >= 15 is 0 Å². The molecule has 0 aliphatic carbocycles. The van der Waals surface area contributed by atoms with Gasteiger partial charge in [0.15, 0.2) is 9.84 Å². The summed E-state index contributed by atoms with van der Waals surface area (Å²) in [5.41, 5.74) is 0.0976. The van der Waals surface area contributed by atoms with E-state index in [-0.39, 0.29) is 28.5 Å². The van der Waals surface area contributed by atoms with Gasteiger partial charge in [-0.1, -0.05) is 0 Å². The van der Waals surface area contributed by atoms with E-state index in [0.717, 1.165) is 6.07 Å². The van der Waals surface area contributed by atoms with Crippen molar-refractivity contribution in [2.45, 2.75) is 24.3 Å². The Hall–Kier alpha value is -2.18. The van der Waals surface area contributed by atoms with Crippen LogP contribution in [-0.4, -0.2) is 69.3 Å². The predicted octanol–water partition coefficient (Wildman–Crippen LogP) is -0.0840. The summed E-state index contributed by atoms with van der Waals surface area (Å²) < 4.78 is 55.2. The van der Waals surface area contributed by atoms with Gasteiger partial charge in [-0.25, -0.2) is 16.8 Å². The molecule has 150 valence electrons. The number of methoxy groups -OCH3 is 1. The summed E-state index contributed by atoms with van der Waals surface area (Å²) in [6.07, 6.45) is 0.0174. The number of aliphatic carboxylic acids is 1. The van der Waals surface area contributed by atoms with Crippen LogP contribution in [-0.2, 0) is 29.4 Å². The van der Waals surface area contributed by atoms with Gasteiger partial charge in [0.25, 0.3) is 0 Å². The molecule has 1 aliphatic heterocycles. The molecule has 1 aromatic rings. The Morgan fingerprint density at radius 1 is 1.37 bits per heavy atom. The molecule has 2 rings (SSSR count). The van der Waals surface area contributed by atoms with Crippen LogP contribution in [0.4, 0.5) is 5.69 Å². The van der Waals surface area contributed by atoms with Crippen LogP contribution < -0.4 is 10.1 Å². The number of hydrogen-bond donors (Lipinski definition) is 2. The van der Waals surface area contributed by atoms with Crippen LogP contribution in [0.25, 0.3) is 0 Å². The fourth-order valence-corrected chi connectivity index (χ4v) is 6.27. The minimum Gasteiger partial charge on any atom is -0.495 e. The van der Waals surface area contributed by atoms with E-state index in [1.807, 2.05) is 0 Å². The van der Waals surface area contributed by atoms with E-state index in [2.05, 4.69) is 5.32 Å². The summed E-state index contributed by atoms with van der Waals surface area (Å²) in [6.45, 7) is 0.366. The van der Waals surface area contributed by atoms with Crippen molar-refractivity contribution in [1.29, 1.82) is 0 Å². The summed E-state index contributed by atoms with van der Waals surface area (Å²) in [5, 5.41) is 11.5. The first-order chi connectivity index (χ1) is 12.5. The molecule has 10 nitrogen and oxygen atoms in total. The van der Waals surface area contributed by atoms with Crippen molar-refractivity contribution in [3.8, 4) is 5.75 Å². The number of carboxylic acid groups (broad SMARTS) is 1. The Morgan fingerprint density at radius 3 is 2.52 bits per heavy atom. The monoisotopic (exact) mass is 420 g/mol. The SMILES string of the molecule is COc1ccc(S(=O)(=O)N(CC(=O)O)[C@H]2CCS(=O)(=O)C2)cc1NC(C)=O. The van der Waals surface area contributed by atoms with E-state index in [1.165, 1.54) is 26.2 Å². The van der Waals surface area contributed by atoms with Crippen LogP contribution >= 0.6 is 0 Å². The van der Waals surface area contributed by atoms with Crippen molar-refractivity contribution in [2.75, 3.05) is 30.5 Å². The lowest BCUT2D eigenvalue weighted by atomic mass is 10.2. The van der Waals surface area contributed by atoms with Crippen molar-refractivity contribution < 1.29 is 36.3 Å². The standard InChI is InChI=1S/C15H20N2O8S2/c1-10(18)16-13-7-12(3-4-14(13)25-2)27(23,24)17(8-15(19)20)11-5-6-26(21,22)9-11/h3-4,7,11H,5-6,8-9H2,1-2H3,(H,16,18)(H,19,20)/t11-/m0/s1. The first kappa shape index (κ1) is 21.1. The van der Waals surface area contributed by atoms with Crippen LogP contribution in [0.2, 0.25) is 0 Å². The molecule has 0 radical (unpaired) electrons. The number of carbonyl (C=O) groups excluding carboxylic acids is 1. The zero-order chi connectivity index (χ0) is 20.4. The highest BCUT2D eigenvalue weighted by molar-refractivity contribution is 7.92. The maximum Gasteiger partial charge on any atom is 0.318 e. The molecule has 1 saturated heterocycles. The van der Waals surface area contributed by atoms with Gasteiger partial charge < -0.3 is 15.2 Å². The number of anilines is 1. The number of ether oxygens (including phenoxy) is 1. The number of carbonyl (C=O) groups is 2. The molecular weight excluding hydrogens is 400 g/mol. The van der Waals surface area contributed by atoms with Crippen LogP contribution in [0.15, 0.2) is 23.1 Å². The molecule has 1 aromatic carbocycles. The van der Waals surface area contributed by atoms with Gasteiger partial charge in [-0.2, -0.15) is 4.31 Å². The molecule has 0 bridgehead atoms. The fourth-order valence-electron chi connectivity index (χ4n) is 2.82. The van der Waals surface area contributed by atoms with Crippen molar-refractivity contribution in [3.63, 3.8) is 0 Å². The van der Waals surface area contributed by atoms with Crippen molar-refractivity contribution in [2.24, 2.45) is 0 Å². The second-order valence-corrected chi connectivity index (χ2v) is 10.2. The quantitative estimate of drug-likeness (QED) is 0.622. The highest BCUT2D eigenvalue weighted by atomic mass is 32.2. The Balaban J connectivity index is 2.49. The molecular formula is C15H20N2O8S2. The summed E-state index contributed by atoms with van der Waals surface area (Å²) in [6, 6.07) is 2.70. The van der Waals surface area contributed by atoms with Crippen molar-refractivity contribution in [3.05, 3.63) is 18.2 Å². The number of nitrogens with one attached hydrogen (secondary N) is 1. The average Bonchev–Trinajstić information content (AvgIpc) is 2.91. The van der Waals surface area contributed by atoms with Gasteiger partial charge in [-0.3, -0.25) is 9.59 Å². The van der Waals surface area contributed by atoms with Gasteiger partial charge in [-0.05, 0) is 24.6 Å². The second kappa shape index (κ2) is 7.82. The molecule has 1 aliphatic rings. The third-order valence-electron chi connectivity index (χ3n) is 3.99. The van der Waals surface area contributed by atoms with Gasteiger partial charge in [0.2, 0.25) is 15.9 Å². The Kier molecular flexibility index (Phi) is 6.12. The highest BCUT2D eigenvalue weighted by Crippen LogP contribution is 2.31. The van der Waals surface area contributed by atoms with Gasteiger partial charge in [0, 0.05) is 13.0 Å². The normalized spacial score (nSPS) is 19.0. The van der Waals surface area contributed by atoms with Gasteiger partial charge in [0.05, 0.1) is 29.2 Å². The number of nitrogens with zero attached hydrogens (tertiary/aromatic N) is 1. The number of rotatable bonds is 7. The molecule has 1 fully saturated rings. The maximum absolute atomic E-state index is 13.0. The highest BCUT2D eigenvalue weighted by Gasteiger charge is 2.40. The number of benzene rings is 1. The molecule has 12 heteroatoms. The Morgan fingerprint density at radius 2 is 2.04 bits per heavy atom. The molecule has 0 spiro atoms. The van der Waals surface area contributed by atoms with E-state index in [4.69, 9.17) is 9.84 Å². The van der Waals surface area contributed by atoms with Crippen molar-refractivity contribution in [1.82, 2.24) is 4.31 Å². The predicted molar refractivity (Wildman–Crippen MR) is 95.9 cm³/mol. The molecule has 0 unspecified atom stereocenters. The zero-order valence-electron chi connectivity index (χ0n) is 14.7. The summed E-state index contributed by atoms with van der Waals surface area (Å²) in [4.78, 5) is 22.2. The first-order valence-corrected chi connectivity index (χ1v) is 11.1. The molecule has 2 N–H and O–H groups in total. The summed E-state index contributed by atoms with van der Waals surface area (Å²) in [7, 11) is -6.42. The lowest BCUT2D eigenvalue weighted by Crippen LogP contribution is -2.44. The van der Waals surface area contributed by atoms with Crippen LogP contribution in [0.3, 0.4) is 0 Å². The molecule has 0 aromatic heterocycles. The van der Waals surface area contributed by atoms with E-state index in [0.29, 0.717) is 4.31 Å². The lowest BCUT2D eigenvalue weighted by molar-refractivity contribution is -0.137.